The number of hydrogen-bond acceptors (Lipinski definition) is 1. The van der Waals surface area contributed by atoms with Gasteiger partial charge in [-0.05, 0) is 47.9 Å². The minimum atomic E-state index is -0.328. The van der Waals surface area contributed by atoms with Gasteiger partial charge in [0.15, 0.2) is 0 Å². The Hall–Kier alpha value is -1.87. The second-order valence-corrected chi connectivity index (χ2v) is 5.71. The maximum Gasteiger partial charge on any atom is 0.232 e. The number of hydrogen-bond donors (Lipinski definition) is 1. The Morgan fingerprint density at radius 1 is 1.05 bits per heavy atom. The molecule has 0 aliphatic heterocycles. The van der Waals surface area contributed by atoms with Crippen molar-refractivity contribution in [3.05, 3.63) is 64.9 Å². The van der Waals surface area contributed by atoms with Gasteiger partial charge >= 0.3 is 0 Å². The van der Waals surface area contributed by atoms with E-state index < -0.39 is 0 Å². The fourth-order valence-corrected chi connectivity index (χ4v) is 2.39. The van der Waals surface area contributed by atoms with Crippen molar-refractivity contribution in [1.29, 1.82) is 0 Å². The molecule has 0 spiro atoms. The topological polar surface area (TPSA) is 29.1 Å². The van der Waals surface area contributed by atoms with Crippen molar-refractivity contribution in [3.63, 3.8) is 0 Å². The Morgan fingerprint density at radius 2 is 1.62 bits per heavy atom. The lowest BCUT2D eigenvalue weighted by Crippen LogP contribution is -2.25. The van der Waals surface area contributed by atoms with Gasteiger partial charge in [-0.2, -0.15) is 0 Å². The average molecular weight is 306 g/mol. The second kappa shape index (κ2) is 6.72. The molecule has 0 saturated heterocycles. The van der Waals surface area contributed by atoms with Gasteiger partial charge in [-0.3, -0.25) is 4.79 Å². The van der Waals surface area contributed by atoms with Crippen LogP contribution in [0.2, 0.25) is 5.02 Å². The zero-order valence-corrected chi connectivity index (χ0v) is 12.7. The van der Waals surface area contributed by atoms with Gasteiger partial charge in [0.2, 0.25) is 5.91 Å². The van der Waals surface area contributed by atoms with Crippen LogP contribution in [0.1, 0.15) is 25.3 Å². The summed E-state index contributed by atoms with van der Waals surface area (Å²) in [6.45, 7) is 3.98. The fourth-order valence-electron chi connectivity index (χ4n) is 2.26. The molecular formula is C17H17ClFNO. The molecule has 1 N–H and O–H groups in total. The molecule has 2 aromatic rings. The zero-order chi connectivity index (χ0) is 15.4. The van der Waals surface area contributed by atoms with Gasteiger partial charge < -0.3 is 5.32 Å². The van der Waals surface area contributed by atoms with Gasteiger partial charge in [0.1, 0.15) is 5.82 Å². The highest BCUT2D eigenvalue weighted by Crippen LogP contribution is 2.27. The Balaban J connectivity index is 2.19. The van der Waals surface area contributed by atoms with Crippen LogP contribution >= 0.6 is 11.6 Å². The third kappa shape index (κ3) is 4.05. The summed E-state index contributed by atoms with van der Waals surface area (Å²) in [6.07, 6.45) is 0. The normalized spacial score (nSPS) is 12.2. The predicted octanol–water partition coefficient (Wildman–Crippen LogP) is 4.86. The molecule has 2 rings (SSSR count). The molecule has 0 bridgehead atoms. The zero-order valence-electron chi connectivity index (χ0n) is 11.9. The molecule has 0 saturated carbocycles. The van der Waals surface area contributed by atoms with Gasteiger partial charge in [0.25, 0.3) is 0 Å². The number of halogens is 2. The first-order valence-electron chi connectivity index (χ1n) is 6.79. The smallest absolute Gasteiger partial charge is 0.232 e. The monoisotopic (exact) mass is 305 g/mol. The Bertz CT molecular complexity index is 608. The molecule has 110 valence electrons. The van der Waals surface area contributed by atoms with Crippen molar-refractivity contribution in [2.45, 2.75) is 19.8 Å². The summed E-state index contributed by atoms with van der Waals surface area (Å²) >= 11 is 5.88. The van der Waals surface area contributed by atoms with E-state index in [1.54, 1.807) is 24.3 Å². The summed E-state index contributed by atoms with van der Waals surface area (Å²) in [7, 11) is 0. The van der Waals surface area contributed by atoms with Crippen LogP contribution < -0.4 is 5.32 Å². The van der Waals surface area contributed by atoms with Crippen molar-refractivity contribution in [2.75, 3.05) is 5.32 Å². The lowest BCUT2D eigenvalue weighted by Gasteiger charge is -2.21. The van der Waals surface area contributed by atoms with Crippen LogP contribution in [0, 0.1) is 11.7 Å². The van der Waals surface area contributed by atoms with E-state index in [1.165, 1.54) is 12.1 Å². The van der Waals surface area contributed by atoms with Gasteiger partial charge in [-0.25, -0.2) is 4.39 Å². The van der Waals surface area contributed by atoms with Crippen LogP contribution in [0.5, 0.6) is 0 Å². The molecule has 0 aliphatic carbocycles. The number of anilines is 1. The first-order chi connectivity index (χ1) is 9.97. The minimum Gasteiger partial charge on any atom is -0.326 e. The number of rotatable bonds is 4. The van der Waals surface area contributed by atoms with Crippen molar-refractivity contribution in [3.8, 4) is 0 Å². The van der Waals surface area contributed by atoms with Gasteiger partial charge in [0.05, 0.1) is 5.92 Å². The van der Waals surface area contributed by atoms with Crippen molar-refractivity contribution in [1.82, 2.24) is 0 Å². The molecule has 0 heterocycles. The van der Waals surface area contributed by atoms with E-state index in [0.717, 1.165) is 5.56 Å². The number of nitrogens with one attached hydrogen (secondary N) is 1. The summed E-state index contributed by atoms with van der Waals surface area (Å²) in [4.78, 5) is 12.5. The molecule has 1 atom stereocenters. The highest BCUT2D eigenvalue weighted by Gasteiger charge is 2.24. The predicted molar refractivity (Wildman–Crippen MR) is 84.1 cm³/mol. The van der Waals surface area contributed by atoms with E-state index in [-0.39, 0.29) is 23.6 Å². The van der Waals surface area contributed by atoms with E-state index in [0.29, 0.717) is 10.7 Å². The molecule has 1 amide bonds. The number of benzene rings is 2. The standard InChI is InChI=1S/C17H17ClFNO/c1-11(2)16(12-3-5-13(18)6-4-12)17(21)20-15-9-7-14(19)8-10-15/h3-11,16H,1-2H3,(H,20,21)/t16-/m1/s1. The molecule has 2 aromatic carbocycles. The van der Waals surface area contributed by atoms with E-state index in [1.807, 2.05) is 26.0 Å². The summed E-state index contributed by atoms with van der Waals surface area (Å²) < 4.78 is 12.9. The molecular weight excluding hydrogens is 289 g/mol. The fraction of sp³-hybridized carbons (Fsp3) is 0.235. The molecule has 0 fully saturated rings. The summed E-state index contributed by atoms with van der Waals surface area (Å²) in [5.41, 5.74) is 1.50. The molecule has 2 nitrogen and oxygen atoms in total. The number of amides is 1. The lowest BCUT2D eigenvalue weighted by atomic mass is 9.87. The van der Waals surface area contributed by atoms with Gasteiger partial charge in [-0.1, -0.05) is 37.6 Å². The highest BCUT2D eigenvalue weighted by atomic mass is 35.5. The maximum atomic E-state index is 12.9. The third-order valence-corrected chi connectivity index (χ3v) is 3.54. The Kier molecular flexibility index (Phi) is 4.97. The van der Waals surface area contributed by atoms with E-state index in [9.17, 15) is 9.18 Å². The van der Waals surface area contributed by atoms with E-state index in [4.69, 9.17) is 11.6 Å². The molecule has 0 unspecified atom stereocenters. The van der Waals surface area contributed by atoms with Crippen LogP contribution in [0.25, 0.3) is 0 Å². The molecule has 0 aromatic heterocycles. The highest BCUT2D eigenvalue weighted by molar-refractivity contribution is 6.30. The Morgan fingerprint density at radius 3 is 2.14 bits per heavy atom. The van der Waals surface area contributed by atoms with E-state index >= 15 is 0 Å². The summed E-state index contributed by atoms with van der Waals surface area (Å²) in [5.74, 6) is -0.594. The van der Waals surface area contributed by atoms with Crippen LogP contribution in [-0.4, -0.2) is 5.91 Å². The largest absolute Gasteiger partial charge is 0.326 e. The quantitative estimate of drug-likeness (QED) is 0.859. The van der Waals surface area contributed by atoms with E-state index in [2.05, 4.69) is 5.32 Å². The van der Waals surface area contributed by atoms with Crippen molar-refractivity contribution >= 4 is 23.2 Å². The molecule has 0 aliphatic rings. The first-order valence-corrected chi connectivity index (χ1v) is 7.17. The average Bonchev–Trinajstić information content (AvgIpc) is 2.43. The van der Waals surface area contributed by atoms with Gasteiger partial charge in [-0.15, -0.1) is 0 Å². The molecule has 0 radical (unpaired) electrons. The van der Waals surface area contributed by atoms with Crippen LogP contribution in [0.4, 0.5) is 10.1 Å². The van der Waals surface area contributed by atoms with Crippen molar-refractivity contribution < 1.29 is 9.18 Å². The SMILES string of the molecule is CC(C)[C@@H](C(=O)Nc1ccc(F)cc1)c1ccc(Cl)cc1. The first kappa shape index (κ1) is 15.5. The van der Waals surface area contributed by atoms with Gasteiger partial charge in [0, 0.05) is 10.7 Å². The second-order valence-electron chi connectivity index (χ2n) is 5.27. The summed E-state index contributed by atoms with van der Waals surface area (Å²) in [6, 6.07) is 13.0. The molecule has 4 heteroatoms. The summed E-state index contributed by atoms with van der Waals surface area (Å²) in [5, 5.41) is 3.46. The molecule has 21 heavy (non-hydrogen) atoms. The van der Waals surface area contributed by atoms with Crippen LogP contribution in [-0.2, 0) is 4.79 Å². The minimum absolute atomic E-state index is 0.112. The maximum absolute atomic E-state index is 12.9. The number of carbonyl (C=O) groups is 1. The van der Waals surface area contributed by atoms with Crippen LogP contribution in [0.3, 0.4) is 0 Å². The Labute approximate surface area is 128 Å². The van der Waals surface area contributed by atoms with Crippen molar-refractivity contribution in [2.24, 2.45) is 5.92 Å². The van der Waals surface area contributed by atoms with Crippen LogP contribution in [0.15, 0.2) is 48.5 Å². The lowest BCUT2D eigenvalue weighted by molar-refractivity contribution is -0.118. The number of carbonyl (C=O) groups excluding carboxylic acids is 1. The third-order valence-electron chi connectivity index (χ3n) is 3.29.